The Morgan fingerprint density at radius 3 is 2.33 bits per heavy atom. The molecule has 5 nitrogen and oxygen atoms in total. The Bertz CT molecular complexity index is 290. The van der Waals surface area contributed by atoms with E-state index >= 15 is 0 Å². The number of rotatable bonds is 7. The van der Waals surface area contributed by atoms with Gasteiger partial charge in [-0.15, -0.1) is 0 Å². The van der Waals surface area contributed by atoms with Crippen LogP contribution in [0.1, 0.15) is 34.1 Å². The minimum atomic E-state index is -0.923. The van der Waals surface area contributed by atoms with E-state index in [1.807, 2.05) is 27.7 Å². The monoisotopic (exact) mass is 322 g/mol. The Labute approximate surface area is 117 Å². The molecule has 0 aliphatic rings. The Kier molecular flexibility index (Phi) is 7.47. The number of nitrogens with zero attached hydrogens (tertiary/aromatic N) is 1. The summed E-state index contributed by atoms with van der Waals surface area (Å²) in [6.45, 7) is 8.58. The van der Waals surface area contributed by atoms with Crippen LogP contribution in [0.2, 0.25) is 0 Å². The van der Waals surface area contributed by atoms with Crippen molar-refractivity contribution in [2.75, 3.05) is 18.4 Å². The van der Waals surface area contributed by atoms with Crippen LogP contribution in [0.3, 0.4) is 0 Å². The second-order valence-electron chi connectivity index (χ2n) is 5.30. The van der Waals surface area contributed by atoms with E-state index in [-0.39, 0.29) is 11.8 Å². The van der Waals surface area contributed by atoms with Crippen molar-refractivity contribution in [2.45, 2.75) is 45.7 Å². The summed E-state index contributed by atoms with van der Waals surface area (Å²) < 4.78 is 0. The molecule has 0 aromatic carbocycles. The Morgan fingerprint density at radius 1 is 1.39 bits per heavy atom. The van der Waals surface area contributed by atoms with Gasteiger partial charge in [-0.3, -0.25) is 9.69 Å². The van der Waals surface area contributed by atoms with E-state index in [9.17, 15) is 14.7 Å². The van der Waals surface area contributed by atoms with Crippen LogP contribution in [0, 0.1) is 0 Å². The lowest BCUT2D eigenvalue weighted by molar-refractivity contribution is -0.116. The largest absolute Gasteiger partial charge is 0.465 e. The fourth-order valence-corrected chi connectivity index (χ4v) is 2.11. The van der Waals surface area contributed by atoms with Crippen LogP contribution in [0.25, 0.3) is 0 Å². The molecule has 0 aliphatic carbocycles. The minimum Gasteiger partial charge on any atom is -0.465 e. The number of hydrogen-bond donors (Lipinski definition) is 2. The van der Waals surface area contributed by atoms with Gasteiger partial charge in [-0.05, 0) is 27.7 Å². The number of carboxylic acid groups (broad SMARTS) is 1. The SMILES string of the molecule is C[C@@H](CNCCC(=O)CBr)N(C(=O)O)C(C)(C)C. The van der Waals surface area contributed by atoms with Crippen molar-refractivity contribution >= 4 is 27.8 Å². The number of nitrogens with one attached hydrogen (secondary N) is 1. The molecule has 0 unspecified atom stereocenters. The molecule has 0 spiro atoms. The maximum Gasteiger partial charge on any atom is 0.408 e. The summed E-state index contributed by atoms with van der Waals surface area (Å²) in [6, 6.07) is -0.137. The average molecular weight is 323 g/mol. The van der Waals surface area contributed by atoms with Gasteiger partial charge in [0.05, 0.1) is 5.33 Å². The molecular weight excluding hydrogens is 300 g/mol. The number of Topliss-reactive ketones (excluding diaryl/α,β-unsaturated/α-hetero) is 1. The predicted octanol–water partition coefficient (Wildman–Crippen LogP) is 2.10. The van der Waals surface area contributed by atoms with Gasteiger partial charge in [0.15, 0.2) is 0 Å². The van der Waals surface area contributed by atoms with Crippen molar-refractivity contribution in [2.24, 2.45) is 0 Å². The van der Waals surface area contributed by atoms with Gasteiger partial charge >= 0.3 is 6.09 Å². The van der Waals surface area contributed by atoms with Crippen LogP contribution in [0.4, 0.5) is 4.79 Å². The topological polar surface area (TPSA) is 69.6 Å². The van der Waals surface area contributed by atoms with Crippen LogP contribution >= 0.6 is 15.9 Å². The van der Waals surface area contributed by atoms with Crippen molar-refractivity contribution in [1.29, 1.82) is 0 Å². The van der Waals surface area contributed by atoms with Gasteiger partial charge in [0.25, 0.3) is 0 Å². The number of halogens is 1. The third-order valence-electron chi connectivity index (χ3n) is 2.54. The van der Waals surface area contributed by atoms with E-state index < -0.39 is 11.6 Å². The predicted molar refractivity (Wildman–Crippen MR) is 75.4 cm³/mol. The molecule has 1 amide bonds. The van der Waals surface area contributed by atoms with Crippen LogP contribution < -0.4 is 5.32 Å². The second-order valence-corrected chi connectivity index (χ2v) is 5.86. The molecule has 0 rings (SSSR count). The highest BCUT2D eigenvalue weighted by Crippen LogP contribution is 2.16. The van der Waals surface area contributed by atoms with Gasteiger partial charge in [-0.25, -0.2) is 4.79 Å². The highest BCUT2D eigenvalue weighted by Gasteiger charge is 2.30. The highest BCUT2D eigenvalue weighted by molar-refractivity contribution is 9.09. The molecule has 6 heteroatoms. The zero-order chi connectivity index (χ0) is 14.3. The zero-order valence-corrected chi connectivity index (χ0v) is 13.1. The molecule has 0 aromatic rings. The van der Waals surface area contributed by atoms with Gasteiger partial charge < -0.3 is 10.4 Å². The van der Waals surface area contributed by atoms with Crippen LogP contribution in [-0.4, -0.2) is 51.9 Å². The fourth-order valence-electron chi connectivity index (χ4n) is 1.83. The van der Waals surface area contributed by atoms with Gasteiger partial charge in [0, 0.05) is 31.1 Å². The molecule has 0 bridgehead atoms. The zero-order valence-electron chi connectivity index (χ0n) is 11.5. The normalized spacial score (nSPS) is 13.2. The van der Waals surface area contributed by atoms with Crippen molar-refractivity contribution in [3.63, 3.8) is 0 Å². The molecule has 0 aliphatic heterocycles. The van der Waals surface area contributed by atoms with Crippen LogP contribution in [0.15, 0.2) is 0 Å². The number of alkyl halides is 1. The number of ketones is 1. The van der Waals surface area contributed by atoms with Crippen molar-refractivity contribution in [3.8, 4) is 0 Å². The number of hydrogen-bond acceptors (Lipinski definition) is 3. The average Bonchev–Trinajstić information content (AvgIpc) is 2.21. The van der Waals surface area contributed by atoms with E-state index in [0.29, 0.717) is 24.8 Å². The minimum absolute atomic E-state index is 0.137. The summed E-state index contributed by atoms with van der Waals surface area (Å²) in [5.74, 6) is 0.140. The van der Waals surface area contributed by atoms with E-state index in [1.54, 1.807) is 0 Å². The van der Waals surface area contributed by atoms with Gasteiger partial charge in [-0.2, -0.15) is 0 Å². The lowest BCUT2D eigenvalue weighted by atomic mass is 10.0. The molecule has 0 saturated heterocycles. The summed E-state index contributed by atoms with van der Waals surface area (Å²) in [5, 5.41) is 12.7. The lowest BCUT2D eigenvalue weighted by Crippen LogP contribution is -2.53. The van der Waals surface area contributed by atoms with Crippen LogP contribution in [0.5, 0.6) is 0 Å². The third kappa shape index (κ3) is 6.35. The molecule has 0 saturated carbocycles. The molecule has 18 heavy (non-hydrogen) atoms. The first-order valence-electron chi connectivity index (χ1n) is 6.00. The molecule has 0 fully saturated rings. The molecule has 1 atom stereocenters. The van der Waals surface area contributed by atoms with E-state index in [0.717, 1.165) is 0 Å². The Balaban J connectivity index is 4.17. The molecule has 106 valence electrons. The van der Waals surface area contributed by atoms with Gasteiger partial charge in [0.1, 0.15) is 5.78 Å². The second kappa shape index (κ2) is 7.74. The first-order valence-corrected chi connectivity index (χ1v) is 7.13. The number of amides is 1. The summed E-state index contributed by atoms with van der Waals surface area (Å²) >= 11 is 3.10. The smallest absolute Gasteiger partial charge is 0.408 e. The molecular formula is C12H23BrN2O3. The highest BCUT2D eigenvalue weighted by atomic mass is 79.9. The Hall–Kier alpha value is -0.620. The first-order chi connectivity index (χ1) is 8.20. The quantitative estimate of drug-likeness (QED) is 0.556. The standard InChI is InChI=1S/C12H23BrN2O3/c1-9(8-14-6-5-10(16)7-13)15(11(17)18)12(2,3)4/h9,14H,5-8H2,1-4H3,(H,17,18)/t9-/m0/s1. The van der Waals surface area contributed by atoms with Gasteiger partial charge in [-0.1, -0.05) is 15.9 Å². The molecule has 2 N–H and O–H groups in total. The third-order valence-corrected chi connectivity index (χ3v) is 3.16. The number of carbonyl (C=O) groups excluding carboxylic acids is 1. The summed E-state index contributed by atoms with van der Waals surface area (Å²) in [7, 11) is 0. The lowest BCUT2D eigenvalue weighted by Gasteiger charge is -2.38. The molecule has 0 radical (unpaired) electrons. The summed E-state index contributed by atoms with van der Waals surface area (Å²) in [6.07, 6.45) is -0.464. The van der Waals surface area contributed by atoms with Crippen molar-refractivity contribution < 1.29 is 14.7 Å². The van der Waals surface area contributed by atoms with Crippen molar-refractivity contribution in [3.05, 3.63) is 0 Å². The summed E-state index contributed by atoms with van der Waals surface area (Å²) in [5.41, 5.74) is -0.432. The van der Waals surface area contributed by atoms with E-state index in [4.69, 9.17) is 0 Å². The fraction of sp³-hybridized carbons (Fsp3) is 0.833. The van der Waals surface area contributed by atoms with E-state index in [2.05, 4.69) is 21.2 Å². The van der Waals surface area contributed by atoms with E-state index in [1.165, 1.54) is 4.90 Å². The van der Waals surface area contributed by atoms with Gasteiger partial charge in [0.2, 0.25) is 0 Å². The van der Waals surface area contributed by atoms with Crippen molar-refractivity contribution in [1.82, 2.24) is 10.2 Å². The maximum atomic E-state index is 11.2. The first kappa shape index (κ1) is 17.4. The Morgan fingerprint density at radius 2 is 1.94 bits per heavy atom. The molecule has 0 heterocycles. The maximum absolute atomic E-state index is 11.2. The number of carbonyl (C=O) groups is 2. The summed E-state index contributed by atoms with van der Waals surface area (Å²) in [4.78, 5) is 23.7. The molecule has 0 aromatic heterocycles. The van der Waals surface area contributed by atoms with Crippen LogP contribution in [-0.2, 0) is 4.79 Å².